The van der Waals surface area contributed by atoms with Gasteiger partial charge in [-0.1, -0.05) is 48.0 Å². The minimum atomic E-state index is -0.614. The Morgan fingerprint density at radius 3 is 2.38 bits per heavy atom. The Kier molecular flexibility index (Phi) is 8.68. The highest BCUT2D eigenvalue weighted by molar-refractivity contribution is 5.98. The van der Waals surface area contributed by atoms with Gasteiger partial charge in [0.1, 0.15) is 6.54 Å². The third-order valence-electron chi connectivity index (χ3n) is 7.68. The highest BCUT2D eigenvalue weighted by atomic mass is 16.5. The molecule has 3 aromatic carbocycles. The van der Waals surface area contributed by atoms with Gasteiger partial charge in [-0.2, -0.15) is 0 Å². The fraction of sp³-hybridized carbons (Fsp3) is 0.333. The molecule has 1 fully saturated rings. The summed E-state index contributed by atoms with van der Waals surface area (Å²) in [4.78, 5) is 53.6. The van der Waals surface area contributed by atoms with Gasteiger partial charge in [-0.15, -0.1) is 0 Å². The monoisotopic (exact) mass is 568 g/mol. The van der Waals surface area contributed by atoms with Gasteiger partial charge in [0.05, 0.1) is 23.6 Å². The number of rotatable bonds is 9. The van der Waals surface area contributed by atoms with E-state index in [0.29, 0.717) is 30.8 Å². The topological polar surface area (TPSA) is 111 Å². The van der Waals surface area contributed by atoms with Crippen LogP contribution in [-0.2, 0) is 29.0 Å². The number of amides is 2. The molecule has 0 spiro atoms. The van der Waals surface area contributed by atoms with E-state index < -0.39 is 17.2 Å². The minimum Gasteiger partial charge on any atom is -0.376 e. The molecule has 1 unspecified atom stereocenters. The quantitative estimate of drug-likeness (QED) is 0.318. The molecule has 1 aliphatic heterocycles. The second kappa shape index (κ2) is 12.6. The number of benzene rings is 3. The molecule has 218 valence electrons. The summed E-state index contributed by atoms with van der Waals surface area (Å²) in [5, 5.41) is 6.10. The van der Waals surface area contributed by atoms with Gasteiger partial charge in [-0.3, -0.25) is 23.5 Å². The lowest BCUT2D eigenvalue weighted by Gasteiger charge is -2.18. The zero-order valence-corrected chi connectivity index (χ0v) is 24.2. The fourth-order valence-corrected chi connectivity index (χ4v) is 5.63. The number of hydrogen-bond acceptors (Lipinski definition) is 5. The number of carbonyl (C=O) groups excluding carboxylic acids is 2. The van der Waals surface area contributed by atoms with Crippen LogP contribution in [0.15, 0.2) is 70.3 Å². The molecule has 42 heavy (non-hydrogen) atoms. The van der Waals surface area contributed by atoms with E-state index in [0.717, 1.165) is 39.7 Å². The van der Waals surface area contributed by atoms with Gasteiger partial charge in [0.2, 0.25) is 5.91 Å². The van der Waals surface area contributed by atoms with Crippen LogP contribution in [0.2, 0.25) is 0 Å². The Hall–Kier alpha value is -4.50. The van der Waals surface area contributed by atoms with Crippen molar-refractivity contribution in [3.8, 4) is 0 Å². The molecule has 1 saturated heterocycles. The van der Waals surface area contributed by atoms with E-state index in [1.54, 1.807) is 12.1 Å². The van der Waals surface area contributed by atoms with Crippen LogP contribution in [-0.4, -0.2) is 40.2 Å². The molecule has 0 bridgehead atoms. The minimum absolute atomic E-state index is 0.104. The molecule has 0 saturated carbocycles. The summed E-state index contributed by atoms with van der Waals surface area (Å²) in [5.41, 5.74) is 4.15. The molecule has 9 heteroatoms. The summed E-state index contributed by atoms with van der Waals surface area (Å²) >= 11 is 0. The summed E-state index contributed by atoms with van der Waals surface area (Å²) in [6.07, 6.45) is 2.03. The van der Waals surface area contributed by atoms with Crippen LogP contribution in [0.4, 0.5) is 5.69 Å². The average molecular weight is 569 g/mol. The molecule has 1 aliphatic rings. The molecular weight excluding hydrogens is 532 g/mol. The second-order valence-electron chi connectivity index (χ2n) is 11.0. The van der Waals surface area contributed by atoms with Crippen LogP contribution >= 0.6 is 0 Å². The van der Waals surface area contributed by atoms with Gasteiger partial charge in [-0.05, 0) is 74.9 Å². The maximum absolute atomic E-state index is 13.8. The van der Waals surface area contributed by atoms with Crippen molar-refractivity contribution in [2.75, 3.05) is 18.5 Å². The van der Waals surface area contributed by atoms with Crippen molar-refractivity contribution in [2.24, 2.45) is 0 Å². The zero-order valence-electron chi connectivity index (χ0n) is 24.2. The Bertz CT molecular complexity index is 1730. The van der Waals surface area contributed by atoms with Crippen molar-refractivity contribution in [3.63, 3.8) is 0 Å². The largest absolute Gasteiger partial charge is 0.376 e. The molecule has 1 aromatic heterocycles. The first-order valence-corrected chi connectivity index (χ1v) is 14.3. The molecule has 4 aromatic rings. The fourth-order valence-electron chi connectivity index (χ4n) is 5.63. The molecule has 2 amide bonds. The van der Waals surface area contributed by atoms with E-state index in [4.69, 9.17) is 4.74 Å². The normalized spacial score (nSPS) is 14.7. The zero-order chi connectivity index (χ0) is 29.8. The Morgan fingerprint density at radius 1 is 0.952 bits per heavy atom. The van der Waals surface area contributed by atoms with E-state index in [1.807, 2.05) is 63.2 Å². The van der Waals surface area contributed by atoms with Crippen LogP contribution < -0.4 is 21.9 Å². The molecule has 2 heterocycles. The highest BCUT2D eigenvalue weighted by Crippen LogP contribution is 2.22. The first-order valence-electron chi connectivity index (χ1n) is 14.3. The van der Waals surface area contributed by atoms with Crippen molar-refractivity contribution < 1.29 is 14.3 Å². The van der Waals surface area contributed by atoms with E-state index >= 15 is 0 Å². The van der Waals surface area contributed by atoms with Gasteiger partial charge < -0.3 is 15.4 Å². The van der Waals surface area contributed by atoms with Crippen molar-refractivity contribution in [1.82, 2.24) is 14.5 Å². The van der Waals surface area contributed by atoms with Crippen molar-refractivity contribution in [1.29, 1.82) is 0 Å². The van der Waals surface area contributed by atoms with Crippen LogP contribution in [0.25, 0.3) is 10.9 Å². The van der Waals surface area contributed by atoms with Gasteiger partial charge in [0.15, 0.2) is 0 Å². The van der Waals surface area contributed by atoms with Gasteiger partial charge >= 0.3 is 5.69 Å². The number of nitrogens with one attached hydrogen (secondary N) is 2. The highest BCUT2D eigenvalue weighted by Gasteiger charge is 2.22. The van der Waals surface area contributed by atoms with Gasteiger partial charge in [0, 0.05) is 24.4 Å². The summed E-state index contributed by atoms with van der Waals surface area (Å²) < 4.78 is 8.12. The maximum atomic E-state index is 13.8. The lowest BCUT2D eigenvalue weighted by molar-refractivity contribution is -0.116. The predicted molar refractivity (Wildman–Crippen MR) is 163 cm³/mol. The number of ether oxygens (including phenoxy) is 1. The lowest BCUT2D eigenvalue weighted by atomic mass is 10.1. The Labute approximate surface area is 244 Å². The average Bonchev–Trinajstić information content (AvgIpc) is 3.49. The Morgan fingerprint density at radius 2 is 1.69 bits per heavy atom. The van der Waals surface area contributed by atoms with Crippen molar-refractivity contribution >= 4 is 28.4 Å². The number of fused-ring (bicyclic) bond motifs is 1. The summed E-state index contributed by atoms with van der Waals surface area (Å²) in [7, 11) is 0. The maximum Gasteiger partial charge on any atom is 0.332 e. The molecule has 9 nitrogen and oxygen atoms in total. The molecule has 0 radical (unpaired) electrons. The van der Waals surface area contributed by atoms with E-state index in [-0.39, 0.29) is 36.0 Å². The number of nitrogens with zero attached hydrogens (tertiary/aromatic N) is 2. The predicted octanol–water partition coefficient (Wildman–Crippen LogP) is 3.88. The van der Waals surface area contributed by atoms with Crippen LogP contribution in [0, 0.1) is 20.8 Å². The van der Waals surface area contributed by atoms with Gasteiger partial charge in [-0.25, -0.2) is 4.79 Å². The number of carbonyl (C=O) groups is 2. The number of anilines is 1. The molecule has 2 N–H and O–H groups in total. The lowest BCUT2D eigenvalue weighted by Crippen LogP contribution is -2.44. The molecular formula is C33H36N4O5. The standard InChI is InChI=1S/C33H36N4O5/c1-21-16-22(2)30(23(3)17-21)35-29(38)20-36-28-18-25(31(39)34-14-13-24-8-5-4-6-9-24)11-12-27(28)32(40)37(33(36)41)19-26-10-7-15-42-26/h4-6,8-9,11-12,16-18,26H,7,10,13-15,19-20H2,1-3H3,(H,34,39)(H,35,38). The molecule has 0 aliphatic carbocycles. The molecule has 1 atom stereocenters. The summed E-state index contributed by atoms with van der Waals surface area (Å²) in [5.74, 6) is -0.737. The second-order valence-corrected chi connectivity index (χ2v) is 11.0. The third-order valence-corrected chi connectivity index (χ3v) is 7.68. The SMILES string of the molecule is Cc1cc(C)c(NC(=O)Cn2c(=O)n(CC3CCCO3)c(=O)c3ccc(C(=O)NCCc4ccccc4)cc32)c(C)c1. The van der Waals surface area contributed by atoms with Gasteiger partial charge in [0.25, 0.3) is 11.5 Å². The summed E-state index contributed by atoms with van der Waals surface area (Å²) in [6, 6.07) is 18.4. The third kappa shape index (κ3) is 6.36. The van der Waals surface area contributed by atoms with E-state index in [9.17, 15) is 19.2 Å². The number of hydrogen-bond donors (Lipinski definition) is 2. The van der Waals surface area contributed by atoms with E-state index in [1.165, 1.54) is 10.6 Å². The van der Waals surface area contributed by atoms with Crippen molar-refractivity contribution in [2.45, 2.75) is 59.2 Å². The number of aromatic nitrogens is 2. The first kappa shape index (κ1) is 29.0. The van der Waals surface area contributed by atoms with Crippen LogP contribution in [0.1, 0.15) is 45.5 Å². The first-order chi connectivity index (χ1) is 20.2. The summed E-state index contributed by atoms with van der Waals surface area (Å²) in [6.45, 7) is 6.61. The van der Waals surface area contributed by atoms with E-state index in [2.05, 4.69) is 10.6 Å². The smallest absolute Gasteiger partial charge is 0.332 e. The van der Waals surface area contributed by atoms with Crippen LogP contribution in [0.5, 0.6) is 0 Å². The number of aryl methyl sites for hydroxylation is 3. The van der Waals surface area contributed by atoms with Crippen LogP contribution in [0.3, 0.4) is 0 Å². The van der Waals surface area contributed by atoms with Crippen molar-refractivity contribution in [3.05, 3.63) is 109 Å². The molecule has 5 rings (SSSR count). The Balaban J connectivity index is 1.48.